The zero-order chi connectivity index (χ0) is 20.7. The number of nitrogens with zero attached hydrogens (tertiary/aromatic N) is 3. The first-order chi connectivity index (χ1) is 13.8. The van der Waals surface area contributed by atoms with Crippen molar-refractivity contribution in [1.29, 1.82) is 0 Å². The van der Waals surface area contributed by atoms with Crippen LogP contribution in [0.5, 0.6) is 0 Å². The van der Waals surface area contributed by atoms with Gasteiger partial charge in [0.05, 0.1) is 16.8 Å². The second-order valence-electron chi connectivity index (χ2n) is 7.83. The van der Waals surface area contributed by atoms with Gasteiger partial charge in [0.25, 0.3) is 11.8 Å². The molecule has 0 fully saturated rings. The minimum atomic E-state index is -0.430. The van der Waals surface area contributed by atoms with Crippen molar-refractivity contribution in [1.82, 2.24) is 14.8 Å². The molecule has 0 radical (unpaired) electrons. The van der Waals surface area contributed by atoms with E-state index >= 15 is 0 Å². The minimum Gasteiger partial charge on any atom is -0.308 e. The van der Waals surface area contributed by atoms with E-state index in [-0.39, 0.29) is 17.7 Å². The van der Waals surface area contributed by atoms with Crippen LogP contribution in [0.3, 0.4) is 0 Å². The predicted octanol–water partition coefficient (Wildman–Crippen LogP) is 3.03. The molecule has 0 saturated heterocycles. The summed E-state index contributed by atoms with van der Waals surface area (Å²) in [5, 5.41) is 6.04. The lowest BCUT2D eigenvalue weighted by Gasteiger charge is -2.20. The molecule has 9 heteroatoms. The van der Waals surface area contributed by atoms with Crippen molar-refractivity contribution < 1.29 is 14.4 Å². The van der Waals surface area contributed by atoms with E-state index in [1.54, 1.807) is 18.2 Å². The van der Waals surface area contributed by atoms with Gasteiger partial charge in [-0.05, 0) is 31.2 Å². The molecule has 8 nitrogen and oxygen atoms in total. The van der Waals surface area contributed by atoms with Crippen molar-refractivity contribution in [2.24, 2.45) is 5.92 Å². The molecule has 0 unspecified atom stereocenters. The summed E-state index contributed by atoms with van der Waals surface area (Å²) in [6, 6.07) is 4.34. The SMILES string of the molecule is CC(C)CN1C(=O)c2ccc(NC(=O)Nc3nc4c(s3)CN(C)CC4)cc2C1=O. The first kappa shape index (κ1) is 19.5. The van der Waals surface area contributed by atoms with Crippen LogP contribution < -0.4 is 10.6 Å². The number of nitrogens with one attached hydrogen (secondary N) is 2. The molecule has 1 aromatic carbocycles. The quantitative estimate of drug-likeness (QED) is 0.752. The van der Waals surface area contributed by atoms with Crippen LogP contribution >= 0.6 is 11.3 Å². The molecule has 0 bridgehead atoms. The standard InChI is InChI=1S/C20H23N5O3S/c1-11(2)9-25-17(26)13-5-4-12(8-14(13)18(25)27)21-19(28)23-20-22-15-6-7-24(3)10-16(15)29-20/h4-5,8,11H,6-7,9-10H2,1-3H3,(H2,21,22,23,28). The highest BCUT2D eigenvalue weighted by atomic mass is 32.1. The Morgan fingerprint density at radius 1 is 1.21 bits per heavy atom. The summed E-state index contributed by atoms with van der Waals surface area (Å²) in [7, 11) is 2.06. The summed E-state index contributed by atoms with van der Waals surface area (Å²) in [5.74, 6) is -0.419. The average Bonchev–Trinajstić information content (AvgIpc) is 3.14. The van der Waals surface area contributed by atoms with Crippen molar-refractivity contribution in [3.05, 3.63) is 39.9 Å². The molecular formula is C20H23N5O3S. The number of anilines is 2. The molecule has 29 heavy (non-hydrogen) atoms. The highest BCUT2D eigenvalue weighted by Gasteiger charge is 2.35. The smallest absolute Gasteiger partial charge is 0.308 e. The van der Waals surface area contributed by atoms with Crippen molar-refractivity contribution in [2.75, 3.05) is 30.8 Å². The van der Waals surface area contributed by atoms with E-state index in [0.717, 1.165) is 25.2 Å². The lowest BCUT2D eigenvalue weighted by atomic mass is 10.1. The second kappa shape index (κ2) is 7.57. The highest BCUT2D eigenvalue weighted by Crippen LogP contribution is 2.29. The molecule has 4 rings (SSSR count). The van der Waals surface area contributed by atoms with E-state index < -0.39 is 6.03 Å². The Morgan fingerprint density at radius 3 is 2.72 bits per heavy atom. The van der Waals surface area contributed by atoms with Crippen LogP contribution in [-0.4, -0.2) is 52.8 Å². The third-order valence-corrected chi connectivity index (χ3v) is 5.92. The zero-order valence-electron chi connectivity index (χ0n) is 16.6. The number of amides is 4. The number of rotatable bonds is 4. The number of imide groups is 1. The number of likely N-dealkylation sites (N-methyl/N-ethyl adjacent to an activating group) is 1. The number of hydrogen-bond acceptors (Lipinski definition) is 6. The van der Waals surface area contributed by atoms with Crippen molar-refractivity contribution in [3.63, 3.8) is 0 Å². The Kier molecular flexibility index (Phi) is 5.10. The van der Waals surface area contributed by atoms with Crippen LogP contribution in [0.25, 0.3) is 0 Å². The lowest BCUT2D eigenvalue weighted by molar-refractivity contribution is 0.0636. The molecule has 0 aliphatic carbocycles. The van der Waals surface area contributed by atoms with Gasteiger partial charge in [0.2, 0.25) is 0 Å². The Bertz CT molecular complexity index is 1000. The molecule has 2 N–H and O–H groups in total. The van der Waals surface area contributed by atoms with Gasteiger partial charge in [-0.25, -0.2) is 9.78 Å². The van der Waals surface area contributed by atoms with E-state index in [1.165, 1.54) is 21.1 Å². The van der Waals surface area contributed by atoms with Crippen molar-refractivity contribution in [2.45, 2.75) is 26.8 Å². The van der Waals surface area contributed by atoms with E-state index in [0.29, 0.717) is 28.5 Å². The fourth-order valence-electron chi connectivity index (χ4n) is 3.54. The summed E-state index contributed by atoms with van der Waals surface area (Å²) >= 11 is 1.47. The monoisotopic (exact) mass is 413 g/mol. The number of carbonyl (C=O) groups is 3. The number of thiazole rings is 1. The fraction of sp³-hybridized carbons (Fsp3) is 0.400. The maximum Gasteiger partial charge on any atom is 0.325 e. The van der Waals surface area contributed by atoms with Gasteiger partial charge in [-0.1, -0.05) is 13.8 Å². The van der Waals surface area contributed by atoms with Crippen LogP contribution in [0.1, 0.15) is 45.1 Å². The Labute approximate surface area is 172 Å². The molecule has 152 valence electrons. The normalized spacial score (nSPS) is 16.2. The number of urea groups is 1. The number of hydrogen-bond donors (Lipinski definition) is 2. The average molecular weight is 414 g/mol. The largest absolute Gasteiger partial charge is 0.325 e. The Balaban J connectivity index is 1.45. The maximum absolute atomic E-state index is 12.6. The van der Waals surface area contributed by atoms with Crippen LogP contribution in [0.2, 0.25) is 0 Å². The van der Waals surface area contributed by atoms with E-state index in [1.807, 2.05) is 13.8 Å². The van der Waals surface area contributed by atoms with Gasteiger partial charge in [-0.2, -0.15) is 0 Å². The number of carbonyl (C=O) groups excluding carboxylic acids is 3. The Hall–Kier alpha value is -2.78. The van der Waals surface area contributed by atoms with Crippen molar-refractivity contribution in [3.8, 4) is 0 Å². The minimum absolute atomic E-state index is 0.185. The van der Waals surface area contributed by atoms with Crippen LogP contribution in [0, 0.1) is 5.92 Å². The molecular weight excluding hydrogens is 390 g/mol. The number of benzene rings is 1. The summed E-state index contributed by atoms with van der Waals surface area (Å²) in [6.45, 7) is 6.08. The molecule has 0 spiro atoms. The predicted molar refractivity (Wildman–Crippen MR) is 111 cm³/mol. The summed E-state index contributed by atoms with van der Waals surface area (Å²) < 4.78 is 0. The van der Waals surface area contributed by atoms with Crippen LogP contribution in [0.15, 0.2) is 18.2 Å². The lowest BCUT2D eigenvalue weighted by Crippen LogP contribution is -2.33. The van der Waals surface area contributed by atoms with Gasteiger partial charge >= 0.3 is 6.03 Å². The third kappa shape index (κ3) is 3.88. The van der Waals surface area contributed by atoms with Gasteiger partial charge < -0.3 is 10.2 Å². The summed E-state index contributed by atoms with van der Waals surface area (Å²) in [5.41, 5.74) is 2.18. The fourth-order valence-corrected chi connectivity index (χ4v) is 4.62. The highest BCUT2D eigenvalue weighted by molar-refractivity contribution is 7.15. The maximum atomic E-state index is 12.6. The zero-order valence-corrected chi connectivity index (χ0v) is 17.4. The van der Waals surface area contributed by atoms with Gasteiger partial charge in [0, 0.05) is 36.6 Å². The first-order valence-electron chi connectivity index (χ1n) is 9.57. The molecule has 0 saturated carbocycles. The third-order valence-electron chi connectivity index (χ3n) is 4.92. The van der Waals surface area contributed by atoms with Crippen LogP contribution in [-0.2, 0) is 13.0 Å². The second-order valence-corrected chi connectivity index (χ2v) is 8.91. The molecule has 0 atom stereocenters. The Morgan fingerprint density at radius 2 is 1.97 bits per heavy atom. The number of fused-ring (bicyclic) bond motifs is 2. The summed E-state index contributed by atoms with van der Waals surface area (Å²) in [6.07, 6.45) is 0.874. The first-order valence-corrected chi connectivity index (χ1v) is 10.4. The topological polar surface area (TPSA) is 94.6 Å². The molecule has 2 aliphatic heterocycles. The van der Waals surface area contributed by atoms with Gasteiger partial charge in [-0.3, -0.25) is 19.8 Å². The van der Waals surface area contributed by atoms with E-state index in [4.69, 9.17) is 0 Å². The number of aromatic nitrogens is 1. The summed E-state index contributed by atoms with van der Waals surface area (Å²) in [4.78, 5) is 46.5. The molecule has 1 aromatic heterocycles. The van der Waals surface area contributed by atoms with Crippen LogP contribution in [0.4, 0.5) is 15.6 Å². The van der Waals surface area contributed by atoms with Gasteiger partial charge in [0.15, 0.2) is 5.13 Å². The van der Waals surface area contributed by atoms with Crippen molar-refractivity contribution >= 4 is 40.0 Å². The van der Waals surface area contributed by atoms with E-state index in [9.17, 15) is 14.4 Å². The molecule has 2 aliphatic rings. The molecule has 2 aromatic rings. The van der Waals surface area contributed by atoms with Gasteiger partial charge in [0.1, 0.15) is 0 Å². The molecule has 4 amide bonds. The van der Waals surface area contributed by atoms with E-state index in [2.05, 4.69) is 27.6 Å². The van der Waals surface area contributed by atoms with Gasteiger partial charge in [-0.15, -0.1) is 11.3 Å². The molecule has 3 heterocycles.